The number of nitriles is 1. The number of rotatable bonds is 2. The molecule has 1 heterocycles. The zero-order chi connectivity index (χ0) is 14.0. The number of nitrogens with one attached hydrogen (secondary N) is 1. The Morgan fingerprint density at radius 2 is 2.21 bits per heavy atom. The van der Waals surface area contributed by atoms with Crippen molar-refractivity contribution < 1.29 is 9.59 Å². The van der Waals surface area contributed by atoms with Crippen LogP contribution >= 0.6 is 0 Å². The van der Waals surface area contributed by atoms with E-state index in [0.717, 1.165) is 4.90 Å². The first kappa shape index (κ1) is 12.9. The Morgan fingerprint density at radius 3 is 2.89 bits per heavy atom. The number of amides is 2. The van der Waals surface area contributed by atoms with Crippen LogP contribution in [0.1, 0.15) is 18.4 Å². The minimum absolute atomic E-state index is 0.179. The van der Waals surface area contributed by atoms with E-state index in [1.54, 1.807) is 18.2 Å². The van der Waals surface area contributed by atoms with E-state index in [-0.39, 0.29) is 11.8 Å². The largest absolute Gasteiger partial charge is 0.396 e. The number of hydrogen-bond acceptors (Lipinski definition) is 5. The van der Waals surface area contributed by atoms with Crippen molar-refractivity contribution in [1.82, 2.24) is 4.90 Å². The van der Waals surface area contributed by atoms with E-state index in [1.165, 1.54) is 7.05 Å². The van der Waals surface area contributed by atoms with Crippen LogP contribution in [0.15, 0.2) is 18.2 Å². The Hall–Kier alpha value is -2.55. The predicted molar refractivity (Wildman–Crippen MR) is 70.0 cm³/mol. The summed E-state index contributed by atoms with van der Waals surface area (Å²) in [6.45, 7) is 0. The molecule has 19 heavy (non-hydrogen) atoms. The average molecular weight is 258 g/mol. The number of carbonyl (C=O) groups excluding carboxylic acids is 2. The molecule has 0 saturated carbocycles. The van der Waals surface area contributed by atoms with Crippen LogP contribution in [0.2, 0.25) is 0 Å². The fraction of sp³-hybridized carbons (Fsp3) is 0.308. The van der Waals surface area contributed by atoms with Gasteiger partial charge in [-0.1, -0.05) is 6.07 Å². The molecular formula is C13H14N4O2. The van der Waals surface area contributed by atoms with Crippen molar-refractivity contribution in [2.24, 2.45) is 0 Å². The molecule has 1 aliphatic rings. The third-order valence-electron chi connectivity index (χ3n) is 3.21. The molecule has 0 bridgehead atoms. The van der Waals surface area contributed by atoms with Crippen LogP contribution in [0.3, 0.4) is 0 Å². The average Bonchev–Trinajstić information content (AvgIpc) is 2.41. The first-order valence-electron chi connectivity index (χ1n) is 5.90. The van der Waals surface area contributed by atoms with Crippen LogP contribution in [0.25, 0.3) is 0 Å². The summed E-state index contributed by atoms with van der Waals surface area (Å²) in [6.07, 6.45) is 0.746. The number of nitrogen functional groups attached to an aromatic ring is 1. The van der Waals surface area contributed by atoms with Crippen molar-refractivity contribution in [3.8, 4) is 6.07 Å². The molecule has 0 aliphatic carbocycles. The lowest BCUT2D eigenvalue weighted by molar-refractivity contribution is -0.146. The monoisotopic (exact) mass is 258 g/mol. The van der Waals surface area contributed by atoms with Gasteiger partial charge >= 0.3 is 0 Å². The number of likely N-dealkylation sites (N-methyl/N-ethyl adjacent to an activating group) is 1. The number of para-hydroxylation sites is 1. The minimum atomic E-state index is -0.487. The lowest BCUT2D eigenvalue weighted by Crippen LogP contribution is -2.48. The lowest BCUT2D eigenvalue weighted by atomic mass is 10.0. The van der Waals surface area contributed by atoms with Gasteiger partial charge in [0, 0.05) is 13.5 Å². The van der Waals surface area contributed by atoms with Gasteiger partial charge in [0.05, 0.1) is 16.9 Å². The van der Waals surface area contributed by atoms with E-state index in [1.807, 2.05) is 6.07 Å². The van der Waals surface area contributed by atoms with Crippen molar-refractivity contribution in [1.29, 1.82) is 5.26 Å². The summed E-state index contributed by atoms with van der Waals surface area (Å²) in [4.78, 5) is 24.4. The van der Waals surface area contributed by atoms with Crippen molar-refractivity contribution in [3.63, 3.8) is 0 Å². The van der Waals surface area contributed by atoms with Gasteiger partial charge in [-0.05, 0) is 18.6 Å². The van der Waals surface area contributed by atoms with E-state index >= 15 is 0 Å². The van der Waals surface area contributed by atoms with Gasteiger partial charge < -0.3 is 11.1 Å². The molecule has 6 heteroatoms. The summed E-state index contributed by atoms with van der Waals surface area (Å²) in [7, 11) is 1.47. The molecule has 0 radical (unpaired) electrons. The number of benzene rings is 1. The van der Waals surface area contributed by atoms with Gasteiger partial charge in [-0.15, -0.1) is 0 Å². The topological polar surface area (TPSA) is 99.2 Å². The molecule has 1 aromatic rings. The number of imide groups is 1. The highest BCUT2D eigenvalue weighted by atomic mass is 16.2. The first-order valence-corrected chi connectivity index (χ1v) is 5.90. The standard InChI is InChI=1S/C13H14N4O2/c1-17-11(18)6-5-10(13(17)19)16-9-4-2-3-8(7-14)12(9)15/h2-4,10,16H,5-6,15H2,1H3. The Kier molecular flexibility index (Phi) is 3.38. The predicted octanol–water partition coefficient (Wildman–Crippen LogP) is 0.700. The van der Waals surface area contributed by atoms with Crippen LogP contribution in [0.5, 0.6) is 0 Å². The van der Waals surface area contributed by atoms with E-state index in [0.29, 0.717) is 29.8 Å². The van der Waals surface area contributed by atoms with E-state index in [4.69, 9.17) is 11.0 Å². The van der Waals surface area contributed by atoms with Crippen molar-refractivity contribution >= 4 is 23.2 Å². The summed E-state index contributed by atoms with van der Waals surface area (Å²) < 4.78 is 0. The summed E-state index contributed by atoms with van der Waals surface area (Å²) in [5.41, 5.74) is 7.06. The second kappa shape index (κ2) is 4.98. The smallest absolute Gasteiger partial charge is 0.251 e. The summed E-state index contributed by atoms with van der Waals surface area (Å²) in [6, 6.07) is 6.51. The number of nitrogens with zero attached hydrogens (tertiary/aromatic N) is 2. The maximum Gasteiger partial charge on any atom is 0.251 e. The molecule has 1 saturated heterocycles. The molecule has 6 nitrogen and oxygen atoms in total. The summed E-state index contributed by atoms with van der Waals surface area (Å²) in [5, 5.41) is 11.9. The van der Waals surface area contributed by atoms with Crippen LogP contribution in [0, 0.1) is 11.3 Å². The van der Waals surface area contributed by atoms with Crippen molar-refractivity contribution in [2.75, 3.05) is 18.1 Å². The maximum absolute atomic E-state index is 11.9. The number of anilines is 2. The van der Waals surface area contributed by atoms with E-state index in [2.05, 4.69) is 5.32 Å². The molecule has 1 fully saturated rings. The lowest BCUT2D eigenvalue weighted by Gasteiger charge is -2.29. The van der Waals surface area contributed by atoms with Crippen LogP contribution in [0.4, 0.5) is 11.4 Å². The first-order chi connectivity index (χ1) is 9.04. The molecule has 2 amide bonds. The molecule has 0 spiro atoms. The quantitative estimate of drug-likeness (QED) is 0.601. The molecule has 1 atom stereocenters. The molecule has 2 rings (SSSR count). The van der Waals surface area contributed by atoms with Crippen LogP contribution in [-0.2, 0) is 9.59 Å². The highest BCUT2D eigenvalue weighted by Crippen LogP contribution is 2.25. The van der Waals surface area contributed by atoms with Gasteiger partial charge in [0.25, 0.3) is 5.91 Å². The zero-order valence-corrected chi connectivity index (χ0v) is 10.5. The molecule has 3 N–H and O–H groups in total. The third kappa shape index (κ3) is 2.36. The summed E-state index contributed by atoms with van der Waals surface area (Å²) in [5.74, 6) is -0.459. The van der Waals surface area contributed by atoms with Crippen molar-refractivity contribution in [3.05, 3.63) is 23.8 Å². The second-order valence-corrected chi connectivity index (χ2v) is 4.41. The van der Waals surface area contributed by atoms with E-state index < -0.39 is 6.04 Å². The van der Waals surface area contributed by atoms with Gasteiger partial charge in [-0.3, -0.25) is 14.5 Å². The Bertz CT molecular complexity index is 576. The SMILES string of the molecule is CN1C(=O)CCC(Nc2cccc(C#N)c2N)C1=O. The van der Waals surface area contributed by atoms with Gasteiger partial charge in [0.15, 0.2) is 0 Å². The molecular weight excluding hydrogens is 244 g/mol. The molecule has 98 valence electrons. The molecule has 1 aliphatic heterocycles. The van der Waals surface area contributed by atoms with Gasteiger partial charge in [-0.25, -0.2) is 0 Å². The maximum atomic E-state index is 11.9. The van der Waals surface area contributed by atoms with Gasteiger partial charge in [0.2, 0.25) is 5.91 Å². The number of likely N-dealkylation sites (tertiary alicyclic amines) is 1. The normalized spacial score (nSPS) is 19.2. The third-order valence-corrected chi connectivity index (χ3v) is 3.21. The van der Waals surface area contributed by atoms with Gasteiger partial charge in [0.1, 0.15) is 12.1 Å². The van der Waals surface area contributed by atoms with E-state index in [9.17, 15) is 9.59 Å². The molecule has 0 aromatic heterocycles. The highest BCUT2D eigenvalue weighted by molar-refractivity contribution is 6.01. The Labute approximate surface area is 110 Å². The van der Waals surface area contributed by atoms with Crippen LogP contribution < -0.4 is 11.1 Å². The molecule has 1 aromatic carbocycles. The number of carbonyl (C=O) groups is 2. The fourth-order valence-corrected chi connectivity index (χ4v) is 2.03. The number of hydrogen-bond donors (Lipinski definition) is 2. The zero-order valence-electron chi connectivity index (χ0n) is 10.5. The van der Waals surface area contributed by atoms with Crippen molar-refractivity contribution in [2.45, 2.75) is 18.9 Å². The number of nitrogens with two attached hydrogens (primary N) is 1. The van der Waals surface area contributed by atoms with Crippen LogP contribution in [-0.4, -0.2) is 29.8 Å². The Morgan fingerprint density at radius 1 is 1.47 bits per heavy atom. The highest BCUT2D eigenvalue weighted by Gasteiger charge is 2.31. The van der Waals surface area contributed by atoms with Gasteiger partial charge in [-0.2, -0.15) is 5.26 Å². The molecule has 1 unspecified atom stereocenters. The fourth-order valence-electron chi connectivity index (χ4n) is 2.03. The number of piperidine rings is 1. The summed E-state index contributed by atoms with van der Waals surface area (Å²) >= 11 is 0. The Balaban J connectivity index is 2.21. The second-order valence-electron chi connectivity index (χ2n) is 4.41. The minimum Gasteiger partial charge on any atom is -0.396 e.